The average Bonchev–Trinajstić information content (AvgIpc) is 2.25. The molecule has 98 valence electrons. The molecule has 0 fully saturated rings. The minimum absolute atomic E-state index is 0. The van der Waals surface area contributed by atoms with Gasteiger partial charge in [-0.05, 0) is 29.0 Å². The second-order valence-corrected chi connectivity index (χ2v) is 6.23. The Morgan fingerprint density at radius 2 is 2.12 bits per heavy atom. The molecule has 0 amide bonds. The topological polar surface area (TPSA) is 62.3 Å². The normalized spacial score (nSPS) is 11.3. The Morgan fingerprint density at radius 3 is 2.65 bits per heavy atom. The minimum Gasteiger partial charge on any atom is -0.318 e. The fraction of sp³-hybridized carbons (Fsp3) is 0.444. The van der Waals surface area contributed by atoms with E-state index in [1.807, 2.05) is 0 Å². The van der Waals surface area contributed by atoms with Crippen molar-refractivity contribution in [3.05, 3.63) is 22.9 Å². The smallest absolute Gasteiger partial charge is 0.244 e. The number of hydrogen-bond acceptors (Lipinski definition) is 4. The summed E-state index contributed by atoms with van der Waals surface area (Å²) >= 11 is 3.20. The van der Waals surface area contributed by atoms with Gasteiger partial charge in [-0.2, -0.15) is 4.31 Å². The van der Waals surface area contributed by atoms with Gasteiger partial charge in [0, 0.05) is 37.0 Å². The van der Waals surface area contributed by atoms with Crippen molar-refractivity contribution in [2.24, 2.45) is 0 Å². The van der Waals surface area contributed by atoms with Crippen molar-refractivity contribution in [1.29, 1.82) is 0 Å². The van der Waals surface area contributed by atoms with E-state index in [0.717, 1.165) is 0 Å². The minimum atomic E-state index is -3.43. The predicted octanol–water partition coefficient (Wildman–Crippen LogP) is 1.11. The number of hydrogen-bond donors (Lipinski definition) is 1. The van der Waals surface area contributed by atoms with Crippen LogP contribution in [-0.4, -0.2) is 44.9 Å². The molecular formula is C9H15BrClN3O2S. The quantitative estimate of drug-likeness (QED) is 0.869. The van der Waals surface area contributed by atoms with E-state index in [4.69, 9.17) is 0 Å². The Labute approximate surface area is 116 Å². The molecular weight excluding hydrogens is 330 g/mol. The van der Waals surface area contributed by atoms with Gasteiger partial charge < -0.3 is 5.32 Å². The Hall–Kier alpha value is -0.210. The lowest BCUT2D eigenvalue weighted by molar-refractivity contribution is 0.465. The van der Waals surface area contributed by atoms with Gasteiger partial charge in [0.05, 0.1) is 0 Å². The van der Waals surface area contributed by atoms with Crippen LogP contribution in [0.5, 0.6) is 0 Å². The molecule has 1 N–H and O–H groups in total. The first-order valence-corrected chi connectivity index (χ1v) is 6.93. The van der Waals surface area contributed by atoms with E-state index >= 15 is 0 Å². The first-order valence-electron chi connectivity index (χ1n) is 4.70. The highest BCUT2D eigenvalue weighted by Gasteiger charge is 2.20. The summed E-state index contributed by atoms with van der Waals surface area (Å²) in [7, 11) is -0.105. The fourth-order valence-corrected chi connectivity index (χ4v) is 2.78. The van der Waals surface area contributed by atoms with E-state index in [0.29, 0.717) is 17.6 Å². The SMILES string of the molecule is CNCCN(C)S(=O)(=O)c1cncc(Br)c1.Cl. The maximum Gasteiger partial charge on any atom is 0.244 e. The molecule has 17 heavy (non-hydrogen) atoms. The van der Waals surface area contributed by atoms with Gasteiger partial charge in [-0.1, -0.05) is 0 Å². The molecule has 0 spiro atoms. The van der Waals surface area contributed by atoms with E-state index in [1.54, 1.807) is 20.3 Å². The molecule has 8 heteroatoms. The zero-order chi connectivity index (χ0) is 12.2. The lowest BCUT2D eigenvalue weighted by atomic mass is 10.5. The molecule has 1 aromatic rings. The van der Waals surface area contributed by atoms with E-state index in [-0.39, 0.29) is 17.3 Å². The molecule has 0 unspecified atom stereocenters. The number of halogens is 2. The summed E-state index contributed by atoms with van der Waals surface area (Å²) in [4.78, 5) is 4.04. The first kappa shape index (κ1) is 16.8. The monoisotopic (exact) mass is 343 g/mol. The molecule has 1 heterocycles. The maximum absolute atomic E-state index is 12.0. The Morgan fingerprint density at radius 1 is 1.47 bits per heavy atom. The molecule has 0 saturated heterocycles. The van der Waals surface area contributed by atoms with Crippen LogP contribution in [0.1, 0.15) is 0 Å². The standard InChI is InChI=1S/C9H14BrN3O2S.ClH/c1-11-3-4-13(2)16(14,15)9-5-8(10)6-12-7-9;/h5-7,11H,3-4H2,1-2H3;1H. The van der Waals surface area contributed by atoms with Crippen molar-refractivity contribution in [3.8, 4) is 0 Å². The number of nitrogens with zero attached hydrogens (tertiary/aromatic N) is 2. The molecule has 0 aliphatic heterocycles. The van der Waals surface area contributed by atoms with Crippen LogP contribution < -0.4 is 5.32 Å². The molecule has 5 nitrogen and oxygen atoms in total. The summed E-state index contributed by atoms with van der Waals surface area (Å²) in [5.41, 5.74) is 0. The third kappa shape index (κ3) is 4.51. The van der Waals surface area contributed by atoms with Gasteiger partial charge in [0.25, 0.3) is 0 Å². The Balaban J connectivity index is 0.00000256. The molecule has 1 aromatic heterocycles. The number of aromatic nitrogens is 1. The predicted molar refractivity (Wildman–Crippen MR) is 72.9 cm³/mol. The molecule has 0 atom stereocenters. The number of likely N-dealkylation sites (N-methyl/N-ethyl adjacent to an activating group) is 2. The fourth-order valence-electron chi connectivity index (χ4n) is 1.10. The van der Waals surface area contributed by atoms with Crippen LogP contribution in [0.3, 0.4) is 0 Å². The van der Waals surface area contributed by atoms with Gasteiger partial charge in [0.15, 0.2) is 0 Å². The molecule has 0 saturated carbocycles. The summed E-state index contributed by atoms with van der Waals surface area (Å²) < 4.78 is 26.0. The average molecular weight is 345 g/mol. The van der Waals surface area contributed by atoms with Crippen LogP contribution in [0.4, 0.5) is 0 Å². The number of pyridine rings is 1. The second kappa shape index (κ2) is 7.27. The molecule has 0 bridgehead atoms. The van der Waals surface area contributed by atoms with Crippen molar-refractivity contribution < 1.29 is 8.42 Å². The largest absolute Gasteiger partial charge is 0.318 e. The second-order valence-electron chi connectivity index (χ2n) is 3.27. The highest BCUT2D eigenvalue weighted by molar-refractivity contribution is 9.10. The van der Waals surface area contributed by atoms with Gasteiger partial charge in [0.2, 0.25) is 10.0 Å². The Kier molecular flexibility index (Phi) is 7.18. The first-order chi connectivity index (χ1) is 7.48. The zero-order valence-corrected chi connectivity index (χ0v) is 12.8. The summed E-state index contributed by atoms with van der Waals surface area (Å²) in [5, 5.41) is 2.90. The lowest BCUT2D eigenvalue weighted by Crippen LogP contribution is -2.32. The van der Waals surface area contributed by atoms with Crippen molar-refractivity contribution in [2.45, 2.75) is 4.90 Å². The molecule has 0 aliphatic carbocycles. The van der Waals surface area contributed by atoms with Crippen LogP contribution in [0, 0.1) is 0 Å². The summed E-state index contributed by atoms with van der Waals surface area (Å²) in [6.45, 7) is 1.03. The summed E-state index contributed by atoms with van der Waals surface area (Å²) in [6.07, 6.45) is 2.89. The molecule has 0 aliphatic rings. The molecule has 0 aromatic carbocycles. The third-order valence-electron chi connectivity index (χ3n) is 2.06. The van der Waals surface area contributed by atoms with Gasteiger partial charge in [-0.15, -0.1) is 12.4 Å². The van der Waals surface area contributed by atoms with E-state index < -0.39 is 10.0 Å². The van der Waals surface area contributed by atoms with E-state index in [9.17, 15) is 8.42 Å². The summed E-state index contributed by atoms with van der Waals surface area (Å²) in [5.74, 6) is 0. The Bertz CT molecular complexity index is 455. The summed E-state index contributed by atoms with van der Waals surface area (Å²) in [6, 6.07) is 1.54. The number of rotatable bonds is 5. The van der Waals surface area contributed by atoms with Crippen LogP contribution in [0.25, 0.3) is 0 Å². The zero-order valence-electron chi connectivity index (χ0n) is 9.55. The van der Waals surface area contributed by atoms with Gasteiger partial charge in [-0.25, -0.2) is 8.42 Å². The van der Waals surface area contributed by atoms with Crippen molar-refractivity contribution in [1.82, 2.24) is 14.6 Å². The molecule has 0 radical (unpaired) electrons. The van der Waals surface area contributed by atoms with Crippen LogP contribution in [0.15, 0.2) is 27.8 Å². The molecule has 1 rings (SSSR count). The van der Waals surface area contributed by atoms with Crippen molar-refractivity contribution in [2.75, 3.05) is 27.2 Å². The van der Waals surface area contributed by atoms with Crippen LogP contribution in [-0.2, 0) is 10.0 Å². The lowest BCUT2D eigenvalue weighted by Gasteiger charge is -2.16. The van der Waals surface area contributed by atoms with Gasteiger partial charge in [0.1, 0.15) is 4.90 Å². The van der Waals surface area contributed by atoms with E-state index in [2.05, 4.69) is 26.2 Å². The van der Waals surface area contributed by atoms with E-state index in [1.165, 1.54) is 16.6 Å². The van der Waals surface area contributed by atoms with Crippen LogP contribution >= 0.6 is 28.3 Å². The van der Waals surface area contributed by atoms with Gasteiger partial charge in [-0.3, -0.25) is 4.98 Å². The van der Waals surface area contributed by atoms with Crippen molar-refractivity contribution in [3.63, 3.8) is 0 Å². The van der Waals surface area contributed by atoms with Crippen molar-refractivity contribution >= 4 is 38.4 Å². The highest BCUT2D eigenvalue weighted by atomic mass is 79.9. The number of nitrogens with one attached hydrogen (secondary N) is 1. The highest BCUT2D eigenvalue weighted by Crippen LogP contribution is 2.17. The third-order valence-corrected chi connectivity index (χ3v) is 4.32. The maximum atomic E-state index is 12.0. The number of sulfonamides is 1. The van der Waals surface area contributed by atoms with Crippen LogP contribution in [0.2, 0.25) is 0 Å². The van der Waals surface area contributed by atoms with Gasteiger partial charge >= 0.3 is 0 Å².